The van der Waals surface area contributed by atoms with E-state index in [9.17, 15) is 34.2 Å². The predicted octanol–water partition coefficient (Wildman–Crippen LogP) is 17.8. The zero-order chi connectivity index (χ0) is 53.8. The van der Waals surface area contributed by atoms with Gasteiger partial charge in [-0.3, -0.25) is 0 Å². The Morgan fingerprint density at radius 1 is 0.372 bits per heavy atom. The third-order valence-corrected chi connectivity index (χ3v) is 14.2. The lowest BCUT2D eigenvalue weighted by Crippen LogP contribution is -2.07. The number of fused-ring (bicyclic) bond motifs is 6. The minimum absolute atomic E-state index is 0.185. The largest absolute Gasteiger partial charge is 0.415 e. The Morgan fingerprint density at radius 3 is 1.10 bits per heavy atom. The van der Waals surface area contributed by atoms with Gasteiger partial charge in [0, 0.05) is 32.7 Å². The van der Waals surface area contributed by atoms with Gasteiger partial charge in [-0.05, 0) is 159 Å². The second kappa shape index (κ2) is 18.8. The van der Waals surface area contributed by atoms with Gasteiger partial charge in [-0.2, -0.15) is 34.2 Å². The molecule has 10 aromatic carbocycles. The molecule has 2 aromatic heterocycles. The number of aromatic nitrogens is 2. The summed E-state index contributed by atoms with van der Waals surface area (Å²) < 4.78 is 47.8. The van der Waals surface area contributed by atoms with Crippen molar-refractivity contribution >= 4 is 55.0 Å². The van der Waals surface area contributed by atoms with Crippen molar-refractivity contribution in [3.63, 3.8) is 0 Å². The van der Waals surface area contributed by atoms with E-state index in [0.717, 1.165) is 78.2 Å². The van der Waals surface area contributed by atoms with Crippen LogP contribution in [0.5, 0.6) is 0 Å². The molecule has 12 aromatic rings. The molecular formula is C67H33F3N8. The lowest BCUT2D eigenvalue weighted by molar-refractivity contribution is -0.137. The Labute approximate surface area is 444 Å². The number of hydrogen-bond donors (Lipinski definition) is 0. The van der Waals surface area contributed by atoms with E-state index < -0.39 is 11.7 Å². The van der Waals surface area contributed by atoms with Crippen LogP contribution in [0.4, 0.5) is 24.5 Å². The summed E-state index contributed by atoms with van der Waals surface area (Å²) in [6.45, 7) is 16.2. The summed E-state index contributed by atoms with van der Waals surface area (Å²) in [6.07, 6.45) is -4.76. The first kappa shape index (κ1) is 47.5. The maximum Gasteiger partial charge on any atom is 0.415 e. The van der Waals surface area contributed by atoms with Crippen LogP contribution in [0.15, 0.2) is 200 Å². The minimum Gasteiger partial charge on any atom is -0.309 e. The number of nitrogens with zero attached hydrogens (tertiary/aromatic N) is 8. The SMILES string of the molecule is [C-]#[N+]c1cccc(-c2ccc3c(c2)c2cc(-c4cccc(C#N)c4)ccc2n3-c2cc(C#N)cc(-n3c4ccc(-c5cccc(C#N)c5)cc4c4cc(-c5cccc(C#N)c5)ccc43)c2-c2ccc(C(F)(F)F)cc2[N+]#[C-])c1. The standard InChI is InChI=1S/C67H33F3N8/c1-75-53-14-6-13-47(30-53)51-18-24-63-58(34-51)57-33-50(46-12-5-9-42(27-46)38-73)17-23-62(57)78(63)65-29-43(39-74)28-64(66(65)54-20-19-52(67(68,69)70)35-59(54)76-2)77-60-21-15-48(44-10-3-7-40(25-44)36-71)31-55(60)56-32-49(16-22-61(56)77)45-11-4-8-41(26-45)37-72/h3-35H. The zero-order valence-electron chi connectivity index (χ0n) is 40.8. The Morgan fingerprint density at radius 2 is 0.744 bits per heavy atom. The molecule has 2 heterocycles. The summed E-state index contributed by atoms with van der Waals surface area (Å²) in [5, 5.41) is 43.8. The van der Waals surface area contributed by atoms with Gasteiger partial charge in [-0.1, -0.05) is 91.0 Å². The molecule has 0 N–H and O–H groups in total. The molecule has 12 rings (SSSR count). The van der Waals surface area contributed by atoms with E-state index in [2.05, 4.69) is 34.0 Å². The maximum absolute atomic E-state index is 14.6. The topological polar surface area (TPSA) is 114 Å². The fourth-order valence-electron chi connectivity index (χ4n) is 10.7. The van der Waals surface area contributed by atoms with Crippen LogP contribution in [-0.2, 0) is 6.18 Å². The number of nitriles is 4. The van der Waals surface area contributed by atoms with Gasteiger partial charge in [0.15, 0.2) is 11.4 Å². The van der Waals surface area contributed by atoms with E-state index in [1.165, 1.54) is 6.07 Å². The van der Waals surface area contributed by atoms with Crippen LogP contribution in [0.3, 0.4) is 0 Å². The number of alkyl halides is 3. The normalized spacial score (nSPS) is 11.2. The highest BCUT2D eigenvalue weighted by atomic mass is 19.4. The lowest BCUT2D eigenvalue weighted by Gasteiger charge is -2.22. The summed E-state index contributed by atoms with van der Waals surface area (Å²) in [5.41, 5.74) is 11.3. The Hall–Kier alpha value is -11.5. The average molecular weight is 1010 g/mol. The molecule has 0 aliphatic heterocycles. The van der Waals surface area contributed by atoms with Gasteiger partial charge in [0.25, 0.3) is 0 Å². The second-order valence-electron chi connectivity index (χ2n) is 18.7. The van der Waals surface area contributed by atoms with Crippen molar-refractivity contribution in [3.05, 3.63) is 251 Å². The molecule has 0 spiro atoms. The van der Waals surface area contributed by atoms with Gasteiger partial charge in [0.1, 0.15) is 0 Å². The summed E-state index contributed by atoms with van der Waals surface area (Å²) in [5.74, 6) is 0. The molecule has 0 unspecified atom stereocenters. The number of rotatable bonds is 7. The molecule has 0 bridgehead atoms. The fourth-order valence-corrected chi connectivity index (χ4v) is 10.7. The molecule has 0 aliphatic carbocycles. The van der Waals surface area contributed by atoms with Gasteiger partial charge < -0.3 is 9.13 Å². The van der Waals surface area contributed by atoms with Crippen LogP contribution < -0.4 is 0 Å². The van der Waals surface area contributed by atoms with Gasteiger partial charge in [0.2, 0.25) is 0 Å². The van der Waals surface area contributed by atoms with E-state index in [0.29, 0.717) is 61.4 Å². The van der Waals surface area contributed by atoms with Crippen LogP contribution in [0.1, 0.15) is 27.8 Å². The fraction of sp³-hybridized carbons (Fsp3) is 0.0149. The highest BCUT2D eigenvalue weighted by Crippen LogP contribution is 2.48. The van der Waals surface area contributed by atoms with Gasteiger partial charge in [-0.25, -0.2) is 9.69 Å². The Bertz CT molecular complexity index is 4330. The average Bonchev–Trinajstić information content (AvgIpc) is 4.11. The Balaban J connectivity index is 1.22. The van der Waals surface area contributed by atoms with Gasteiger partial charge >= 0.3 is 6.18 Å². The van der Waals surface area contributed by atoms with E-state index in [4.69, 9.17) is 13.1 Å². The molecule has 0 atom stereocenters. The highest BCUT2D eigenvalue weighted by Gasteiger charge is 2.32. The molecular weight excluding hydrogens is 974 g/mol. The van der Waals surface area contributed by atoms with Crippen molar-refractivity contribution in [2.24, 2.45) is 0 Å². The Kier molecular flexibility index (Phi) is 11.4. The molecule has 0 saturated carbocycles. The van der Waals surface area contributed by atoms with Crippen LogP contribution in [0.25, 0.3) is 120 Å². The molecule has 78 heavy (non-hydrogen) atoms. The molecule has 0 amide bonds. The van der Waals surface area contributed by atoms with E-state index in [1.54, 1.807) is 36.4 Å². The monoisotopic (exact) mass is 1010 g/mol. The lowest BCUT2D eigenvalue weighted by atomic mass is 9.95. The molecule has 0 radical (unpaired) electrons. The van der Waals surface area contributed by atoms with Crippen LogP contribution in [0.2, 0.25) is 0 Å². The first-order valence-corrected chi connectivity index (χ1v) is 24.3. The van der Waals surface area contributed by atoms with Crippen molar-refractivity contribution in [3.8, 4) is 91.3 Å². The zero-order valence-corrected chi connectivity index (χ0v) is 40.8. The summed E-state index contributed by atoms with van der Waals surface area (Å²) in [6, 6.07) is 68.4. The summed E-state index contributed by atoms with van der Waals surface area (Å²) >= 11 is 0. The first-order chi connectivity index (χ1) is 38.0. The second-order valence-corrected chi connectivity index (χ2v) is 18.7. The molecule has 8 nitrogen and oxygen atoms in total. The van der Waals surface area contributed by atoms with Crippen molar-refractivity contribution in [2.45, 2.75) is 6.18 Å². The summed E-state index contributed by atoms with van der Waals surface area (Å²) in [4.78, 5) is 7.44. The van der Waals surface area contributed by atoms with E-state index in [-0.39, 0.29) is 16.8 Å². The van der Waals surface area contributed by atoms with Crippen LogP contribution in [-0.4, -0.2) is 9.13 Å². The number of halogens is 3. The first-order valence-electron chi connectivity index (χ1n) is 24.3. The summed E-state index contributed by atoms with van der Waals surface area (Å²) in [7, 11) is 0. The third kappa shape index (κ3) is 8.08. The van der Waals surface area contributed by atoms with Crippen LogP contribution >= 0.6 is 0 Å². The third-order valence-electron chi connectivity index (χ3n) is 14.2. The highest BCUT2D eigenvalue weighted by molar-refractivity contribution is 6.15. The van der Waals surface area contributed by atoms with Crippen molar-refractivity contribution < 1.29 is 13.2 Å². The molecule has 0 fully saturated rings. The maximum atomic E-state index is 14.6. The minimum atomic E-state index is -4.76. The number of hydrogen-bond acceptors (Lipinski definition) is 4. The van der Waals surface area contributed by atoms with Crippen molar-refractivity contribution in [1.29, 1.82) is 21.0 Å². The van der Waals surface area contributed by atoms with Crippen molar-refractivity contribution in [2.75, 3.05) is 0 Å². The molecule has 11 heteroatoms. The van der Waals surface area contributed by atoms with Crippen molar-refractivity contribution in [1.82, 2.24) is 9.13 Å². The van der Waals surface area contributed by atoms with Gasteiger partial charge in [0.05, 0.1) is 93.1 Å². The predicted molar refractivity (Wildman–Crippen MR) is 299 cm³/mol. The number of benzene rings is 10. The smallest absolute Gasteiger partial charge is 0.309 e. The molecule has 0 aliphatic rings. The van der Waals surface area contributed by atoms with Crippen LogP contribution in [0, 0.1) is 58.5 Å². The molecule has 0 saturated heterocycles. The van der Waals surface area contributed by atoms with E-state index in [1.807, 2.05) is 155 Å². The quantitative estimate of drug-likeness (QED) is 0.148. The van der Waals surface area contributed by atoms with E-state index >= 15 is 0 Å². The van der Waals surface area contributed by atoms with Gasteiger partial charge in [-0.15, -0.1) is 0 Å². The molecule has 362 valence electrons.